The van der Waals surface area contributed by atoms with Crippen molar-refractivity contribution in [2.75, 3.05) is 25.0 Å². The first-order valence-electron chi connectivity index (χ1n) is 8.59. The Morgan fingerprint density at radius 3 is 2.73 bits per heavy atom. The Morgan fingerprint density at radius 2 is 2.05 bits per heavy atom. The standard InChI is InChI=1S/C17H27N3OS/c1-13-12-22-17(18-13)20-10-6-7-14(11-20)16(21)19(2)15-8-4-3-5-9-15/h12,14-15H,3-11H2,1-2H3/t14-/m0/s1. The molecule has 5 heteroatoms. The molecule has 1 aromatic rings. The lowest BCUT2D eigenvalue weighted by Crippen LogP contribution is -2.47. The number of carbonyl (C=O) groups excluding carboxylic acids is 1. The molecule has 2 heterocycles. The fraction of sp³-hybridized carbons (Fsp3) is 0.765. The Labute approximate surface area is 137 Å². The van der Waals surface area contributed by atoms with Gasteiger partial charge < -0.3 is 9.80 Å². The molecule has 1 saturated carbocycles. The highest BCUT2D eigenvalue weighted by molar-refractivity contribution is 7.13. The van der Waals surface area contributed by atoms with Crippen LogP contribution in [-0.2, 0) is 4.79 Å². The second kappa shape index (κ2) is 6.99. The van der Waals surface area contributed by atoms with E-state index >= 15 is 0 Å². The maximum absolute atomic E-state index is 12.9. The van der Waals surface area contributed by atoms with Crippen LogP contribution in [0.2, 0.25) is 0 Å². The highest BCUT2D eigenvalue weighted by atomic mass is 32.1. The zero-order chi connectivity index (χ0) is 15.5. The first-order chi connectivity index (χ1) is 10.6. The topological polar surface area (TPSA) is 36.4 Å². The third-order valence-electron chi connectivity index (χ3n) is 5.12. The summed E-state index contributed by atoms with van der Waals surface area (Å²) in [5, 5.41) is 3.17. The molecule has 4 nitrogen and oxygen atoms in total. The minimum absolute atomic E-state index is 0.143. The summed E-state index contributed by atoms with van der Waals surface area (Å²) in [4.78, 5) is 21.8. The molecule has 2 aliphatic rings. The number of nitrogens with zero attached hydrogens (tertiary/aromatic N) is 3. The van der Waals surface area contributed by atoms with Crippen molar-refractivity contribution in [3.05, 3.63) is 11.1 Å². The summed E-state index contributed by atoms with van der Waals surface area (Å²) < 4.78 is 0. The van der Waals surface area contributed by atoms with Crippen LogP contribution in [0.15, 0.2) is 5.38 Å². The predicted molar refractivity (Wildman–Crippen MR) is 91.4 cm³/mol. The molecular weight excluding hydrogens is 294 g/mol. The van der Waals surface area contributed by atoms with E-state index in [2.05, 4.69) is 20.2 Å². The molecule has 0 aromatic carbocycles. The Morgan fingerprint density at radius 1 is 1.27 bits per heavy atom. The van der Waals surface area contributed by atoms with Crippen molar-refractivity contribution in [1.82, 2.24) is 9.88 Å². The number of anilines is 1. The van der Waals surface area contributed by atoms with Crippen LogP contribution in [0.5, 0.6) is 0 Å². The van der Waals surface area contributed by atoms with Crippen LogP contribution >= 0.6 is 11.3 Å². The molecule has 1 atom stereocenters. The first kappa shape index (κ1) is 15.8. The molecule has 3 rings (SSSR count). The summed E-state index contributed by atoms with van der Waals surface area (Å²) >= 11 is 1.70. The molecule has 0 unspecified atom stereocenters. The third kappa shape index (κ3) is 3.45. The molecule has 22 heavy (non-hydrogen) atoms. The van der Waals surface area contributed by atoms with Crippen LogP contribution in [0.3, 0.4) is 0 Å². The SMILES string of the molecule is Cc1csc(N2CCC[C@H](C(=O)N(C)C3CCCCC3)C2)n1. The molecule has 1 aliphatic carbocycles. The van der Waals surface area contributed by atoms with Gasteiger partial charge in [0.2, 0.25) is 5.91 Å². The van der Waals surface area contributed by atoms with Crippen molar-refractivity contribution >= 4 is 22.4 Å². The van der Waals surface area contributed by atoms with Gasteiger partial charge in [-0.3, -0.25) is 4.79 Å². The third-order valence-corrected chi connectivity index (χ3v) is 6.14. The molecular formula is C17H27N3OS. The second-order valence-corrected chi connectivity index (χ2v) is 7.63. The van der Waals surface area contributed by atoms with Crippen molar-refractivity contribution < 1.29 is 4.79 Å². The summed E-state index contributed by atoms with van der Waals surface area (Å²) in [7, 11) is 2.02. The van der Waals surface area contributed by atoms with E-state index in [-0.39, 0.29) is 5.92 Å². The quantitative estimate of drug-likeness (QED) is 0.855. The molecule has 1 amide bonds. The summed E-state index contributed by atoms with van der Waals surface area (Å²) in [6.45, 7) is 3.90. The number of aromatic nitrogens is 1. The van der Waals surface area contributed by atoms with Crippen molar-refractivity contribution in [1.29, 1.82) is 0 Å². The summed E-state index contributed by atoms with van der Waals surface area (Å²) in [6, 6.07) is 0.471. The molecule has 0 bridgehead atoms. The minimum Gasteiger partial charge on any atom is -0.347 e. The zero-order valence-corrected chi connectivity index (χ0v) is 14.6. The molecule has 2 fully saturated rings. The fourth-order valence-electron chi connectivity index (χ4n) is 3.78. The maximum atomic E-state index is 12.9. The lowest BCUT2D eigenvalue weighted by molar-refractivity contribution is -0.137. The van der Waals surface area contributed by atoms with Gasteiger partial charge in [0.25, 0.3) is 0 Å². The summed E-state index contributed by atoms with van der Waals surface area (Å²) in [6.07, 6.45) is 8.37. The van der Waals surface area contributed by atoms with Crippen LogP contribution < -0.4 is 4.90 Å². The Bertz CT molecular complexity index is 510. The van der Waals surface area contributed by atoms with Gasteiger partial charge in [0, 0.05) is 31.6 Å². The van der Waals surface area contributed by atoms with Gasteiger partial charge in [-0.1, -0.05) is 19.3 Å². The molecule has 0 spiro atoms. The van der Waals surface area contributed by atoms with E-state index in [9.17, 15) is 4.79 Å². The number of hydrogen-bond donors (Lipinski definition) is 0. The van der Waals surface area contributed by atoms with E-state index in [0.29, 0.717) is 11.9 Å². The van der Waals surface area contributed by atoms with Gasteiger partial charge in [-0.15, -0.1) is 11.3 Å². The van der Waals surface area contributed by atoms with E-state index in [4.69, 9.17) is 0 Å². The van der Waals surface area contributed by atoms with Gasteiger partial charge in [0.15, 0.2) is 5.13 Å². The van der Waals surface area contributed by atoms with Crippen LogP contribution in [0.25, 0.3) is 0 Å². The summed E-state index contributed by atoms with van der Waals surface area (Å²) in [5.41, 5.74) is 1.08. The number of hydrogen-bond acceptors (Lipinski definition) is 4. The van der Waals surface area contributed by atoms with Crippen molar-refractivity contribution in [3.8, 4) is 0 Å². The Hall–Kier alpha value is -1.10. The van der Waals surface area contributed by atoms with Crippen molar-refractivity contribution in [3.63, 3.8) is 0 Å². The van der Waals surface area contributed by atoms with Gasteiger partial charge in [-0.2, -0.15) is 0 Å². The summed E-state index contributed by atoms with van der Waals surface area (Å²) in [5.74, 6) is 0.495. The number of aryl methyl sites for hydroxylation is 1. The normalized spacial score (nSPS) is 23.5. The lowest BCUT2D eigenvalue weighted by Gasteiger charge is -2.37. The average Bonchev–Trinajstić information content (AvgIpc) is 3.01. The smallest absolute Gasteiger partial charge is 0.227 e. The number of piperidine rings is 1. The Balaban J connectivity index is 1.62. The van der Waals surface area contributed by atoms with Crippen LogP contribution in [-0.4, -0.2) is 42.0 Å². The zero-order valence-electron chi connectivity index (χ0n) is 13.8. The largest absolute Gasteiger partial charge is 0.347 e. The molecule has 1 saturated heterocycles. The van der Waals surface area contributed by atoms with Crippen molar-refractivity contribution in [2.45, 2.75) is 57.9 Å². The van der Waals surface area contributed by atoms with Gasteiger partial charge in [-0.05, 0) is 32.6 Å². The number of rotatable bonds is 3. The van der Waals surface area contributed by atoms with Crippen LogP contribution in [0, 0.1) is 12.8 Å². The molecule has 1 aromatic heterocycles. The monoisotopic (exact) mass is 321 g/mol. The van der Waals surface area contributed by atoms with E-state index in [1.165, 1.54) is 32.1 Å². The van der Waals surface area contributed by atoms with E-state index < -0.39 is 0 Å². The van der Waals surface area contributed by atoms with Gasteiger partial charge in [0.05, 0.1) is 11.6 Å². The first-order valence-corrected chi connectivity index (χ1v) is 9.47. The van der Waals surface area contributed by atoms with Crippen molar-refractivity contribution in [2.24, 2.45) is 5.92 Å². The van der Waals surface area contributed by atoms with E-state index in [0.717, 1.165) is 36.8 Å². The molecule has 0 radical (unpaired) electrons. The van der Waals surface area contributed by atoms with Gasteiger partial charge >= 0.3 is 0 Å². The highest BCUT2D eigenvalue weighted by Crippen LogP contribution is 2.29. The second-order valence-electron chi connectivity index (χ2n) is 6.80. The Kier molecular flexibility index (Phi) is 5.01. The van der Waals surface area contributed by atoms with Crippen LogP contribution in [0.1, 0.15) is 50.6 Å². The lowest BCUT2D eigenvalue weighted by atomic mass is 9.92. The maximum Gasteiger partial charge on any atom is 0.227 e. The number of carbonyl (C=O) groups is 1. The number of thiazole rings is 1. The molecule has 122 valence electrons. The molecule has 1 aliphatic heterocycles. The van der Waals surface area contributed by atoms with Crippen LogP contribution in [0.4, 0.5) is 5.13 Å². The van der Waals surface area contributed by atoms with Gasteiger partial charge in [-0.25, -0.2) is 4.98 Å². The minimum atomic E-state index is 0.143. The fourth-order valence-corrected chi connectivity index (χ4v) is 4.62. The number of amides is 1. The van der Waals surface area contributed by atoms with E-state index in [1.807, 2.05) is 14.0 Å². The highest BCUT2D eigenvalue weighted by Gasteiger charge is 2.32. The molecule has 0 N–H and O–H groups in total. The average molecular weight is 321 g/mol. The van der Waals surface area contributed by atoms with Gasteiger partial charge in [0.1, 0.15) is 0 Å². The predicted octanol–water partition coefficient (Wildman–Crippen LogP) is 3.46. The van der Waals surface area contributed by atoms with E-state index in [1.54, 1.807) is 11.3 Å².